The quantitative estimate of drug-likeness (QED) is 0.440. The molecule has 0 spiro atoms. The van der Waals surface area contributed by atoms with Crippen molar-refractivity contribution < 1.29 is 22.0 Å². The van der Waals surface area contributed by atoms with Crippen molar-refractivity contribution in [2.75, 3.05) is 0 Å². The molecule has 0 amide bonds. The first-order valence-corrected chi connectivity index (χ1v) is 5.38. The van der Waals surface area contributed by atoms with Crippen LogP contribution in [0.15, 0.2) is 6.07 Å². The Morgan fingerprint density at radius 2 is 1.94 bits per heavy atom. The monoisotopic (exact) mass is 323 g/mol. The van der Waals surface area contributed by atoms with E-state index in [4.69, 9.17) is 11.6 Å². The minimum absolute atomic E-state index is 0.217. The van der Waals surface area contributed by atoms with Crippen molar-refractivity contribution >= 4 is 27.5 Å². The molecule has 0 saturated carbocycles. The molecule has 0 aliphatic carbocycles. The maximum Gasteiger partial charge on any atom is 0.418 e. The number of nitrogens with zero attached hydrogens (tertiary/aromatic N) is 1. The molecular formula is C8H4BrClF5N. The molecule has 0 N–H and O–H groups in total. The van der Waals surface area contributed by atoms with Gasteiger partial charge in [0.05, 0.1) is 16.8 Å². The molecule has 0 saturated heterocycles. The molecule has 0 unspecified atom stereocenters. The highest BCUT2D eigenvalue weighted by molar-refractivity contribution is 9.08. The summed E-state index contributed by atoms with van der Waals surface area (Å²) in [5.41, 5.74) is -2.54. The van der Waals surface area contributed by atoms with Crippen molar-refractivity contribution in [1.29, 1.82) is 0 Å². The molecule has 0 bridgehead atoms. The zero-order valence-corrected chi connectivity index (χ0v) is 9.80. The van der Waals surface area contributed by atoms with Crippen LogP contribution in [0, 0.1) is 0 Å². The number of rotatable bonds is 2. The van der Waals surface area contributed by atoms with Crippen molar-refractivity contribution in [2.45, 2.75) is 17.9 Å². The van der Waals surface area contributed by atoms with Gasteiger partial charge in [-0.05, 0) is 6.07 Å². The highest BCUT2D eigenvalue weighted by Gasteiger charge is 2.35. The van der Waals surface area contributed by atoms with Gasteiger partial charge in [-0.15, -0.1) is 0 Å². The van der Waals surface area contributed by atoms with Crippen LogP contribution in [0.4, 0.5) is 22.0 Å². The molecule has 1 aromatic rings. The summed E-state index contributed by atoms with van der Waals surface area (Å²) >= 11 is 8.13. The van der Waals surface area contributed by atoms with Crippen molar-refractivity contribution in [1.82, 2.24) is 4.98 Å². The predicted molar refractivity (Wildman–Crippen MR) is 51.8 cm³/mol. The van der Waals surface area contributed by atoms with Gasteiger partial charge < -0.3 is 0 Å². The fraction of sp³-hybridized carbons (Fsp3) is 0.375. The van der Waals surface area contributed by atoms with Gasteiger partial charge in [0.1, 0.15) is 5.15 Å². The van der Waals surface area contributed by atoms with Crippen LogP contribution in [0.5, 0.6) is 0 Å². The van der Waals surface area contributed by atoms with Gasteiger partial charge in [0.15, 0.2) is 0 Å². The van der Waals surface area contributed by atoms with E-state index in [0.717, 1.165) is 0 Å². The second-order valence-electron chi connectivity index (χ2n) is 2.79. The standard InChI is InChI=1S/C8H4BrClF5N/c9-2-5-4(8(13,14)15)1-3(7(11)12)6(10)16-5/h1,7H,2H2. The number of alkyl halides is 6. The van der Waals surface area contributed by atoms with Gasteiger partial charge in [0.2, 0.25) is 0 Å². The zero-order chi connectivity index (χ0) is 12.5. The van der Waals surface area contributed by atoms with E-state index in [9.17, 15) is 22.0 Å². The fourth-order valence-corrected chi connectivity index (χ4v) is 1.71. The van der Waals surface area contributed by atoms with E-state index in [2.05, 4.69) is 20.9 Å². The molecule has 0 aliphatic heterocycles. The topological polar surface area (TPSA) is 12.9 Å². The van der Waals surface area contributed by atoms with Gasteiger partial charge in [0.25, 0.3) is 6.43 Å². The van der Waals surface area contributed by atoms with Crippen LogP contribution >= 0.6 is 27.5 Å². The summed E-state index contributed by atoms with van der Waals surface area (Å²) in [7, 11) is 0. The number of hydrogen-bond donors (Lipinski definition) is 0. The Morgan fingerprint density at radius 1 is 1.38 bits per heavy atom. The molecule has 90 valence electrons. The molecule has 0 radical (unpaired) electrons. The molecule has 1 rings (SSSR count). The Hall–Kier alpha value is -0.430. The summed E-state index contributed by atoms with van der Waals surface area (Å²) in [6.45, 7) is 0. The largest absolute Gasteiger partial charge is 0.418 e. The Bertz CT molecular complexity index is 393. The van der Waals surface area contributed by atoms with Crippen LogP contribution < -0.4 is 0 Å². The third-order valence-electron chi connectivity index (χ3n) is 1.75. The lowest BCUT2D eigenvalue weighted by Gasteiger charge is -2.13. The molecular weight excluding hydrogens is 320 g/mol. The third kappa shape index (κ3) is 2.82. The lowest BCUT2D eigenvalue weighted by molar-refractivity contribution is -0.138. The molecule has 16 heavy (non-hydrogen) atoms. The SMILES string of the molecule is FC(F)c1cc(C(F)(F)F)c(CBr)nc1Cl. The van der Waals surface area contributed by atoms with E-state index in [0.29, 0.717) is 6.07 Å². The lowest BCUT2D eigenvalue weighted by Crippen LogP contribution is -2.11. The summed E-state index contributed by atoms with van der Waals surface area (Å²) in [6, 6.07) is 0.330. The first-order valence-electron chi connectivity index (χ1n) is 3.88. The summed E-state index contributed by atoms with van der Waals surface area (Å²) < 4.78 is 62.0. The van der Waals surface area contributed by atoms with Crippen molar-refractivity contribution in [3.05, 3.63) is 28.0 Å². The fourth-order valence-electron chi connectivity index (χ4n) is 1.04. The van der Waals surface area contributed by atoms with Crippen LogP contribution in [0.2, 0.25) is 5.15 Å². The van der Waals surface area contributed by atoms with Gasteiger partial charge in [-0.25, -0.2) is 13.8 Å². The van der Waals surface area contributed by atoms with E-state index in [1.165, 1.54) is 0 Å². The molecule has 0 atom stereocenters. The first kappa shape index (κ1) is 13.6. The van der Waals surface area contributed by atoms with Gasteiger partial charge in [0, 0.05) is 5.33 Å². The highest BCUT2D eigenvalue weighted by atomic mass is 79.9. The maximum absolute atomic E-state index is 12.5. The summed E-state index contributed by atoms with van der Waals surface area (Å²) in [6.07, 6.45) is -7.82. The van der Waals surface area contributed by atoms with Gasteiger partial charge in [-0.3, -0.25) is 0 Å². The Morgan fingerprint density at radius 3 is 2.31 bits per heavy atom. The second-order valence-corrected chi connectivity index (χ2v) is 3.71. The highest BCUT2D eigenvalue weighted by Crippen LogP contribution is 2.36. The Labute approximate surface area is 101 Å². The number of halogens is 7. The lowest BCUT2D eigenvalue weighted by atomic mass is 10.1. The third-order valence-corrected chi connectivity index (χ3v) is 2.58. The van der Waals surface area contributed by atoms with Crippen LogP contribution in [0.25, 0.3) is 0 Å². The van der Waals surface area contributed by atoms with Gasteiger partial charge >= 0.3 is 6.18 Å². The van der Waals surface area contributed by atoms with Crippen LogP contribution in [-0.2, 0) is 11.5 Å². The number of aromatic nitrogens is 1. The number of pyridine rings is 1. The summed E-state index contributed by atoms with van der Waals surface area (Å²) in [5, 5.41) is -0.831. The Kier molecular flexibility index (Phi) is 4.12. The number of hydrogen-bond acceptors (Lipinski definition) is 1. The molecule has 1 heterocycles. The van der Waals surface area contributed by atoms with Crippen molar-refractivity contribution in [3.63, 3.8) is 0 Å². The van der Waals surface area contributed by atoms with Crippen molar-refractivity contribution in [2.24, 2.45) is 0 Å². The minimum Gasteiger partial charge on any atom is -0.239 e. The van der Waals surface area contributed by atoms with Crippen LogP contribution in [0.1, 0.15) is 23.2 Å². The average molecular weight is 324 g/mol. The van der Waals surface area contributed by atoms with E-state index in [1.807, 2.05) is 0 Å². The van der Waals surface area contributed by atoms with E-state index < -0.39 is 34.6 Å². The van der Waals surface area contributed by atoms with Crippen LogP contribution in [-0.4, -0.2) is 4.98 Å². The normalized spacial score (nSPS) is 12.2. The van der Waals surface area contributed by atoms with Gasteiger partial charge in [-0.1, -0.05) is 27.5 Å². The molecule has 8 heteroatoms. The Balaban J connectivity index is 3.41. The molecule has 0 aromatic carbocycles. The van der Waals surface area contributed by atoms with E-state index in [1.54, 1.807) is 0 Å². The van der Waals surface area contributed by atoms with Crippen molar-refractivity contribution in [3.8, 4) is 0 Å². The minimum atomic E-state index is -4.73. The second kappa shape index (κ2) is 4.83. The van der Waals surface area contributed by atoms with Gasteiger partial charge in [-0.2, -0.15) is 13.2 Å². The summed E-state index contributed by atoms with van der Waals surface area (Å²) in [5.74, 6) is 0. The molecule has 0 aliphatic rings. The maximum atomic E-state index is 12.5. The first-order chi connectivity index (χ1) is 7.27. The van der Waals surface area contributed by atoms with Crippen LogP contribution in [0.3, 0.4) is 0 Å². The van der Waals surface area contributed by atoms with E-state index >= 15 is 0 Å². The molecule has 1 nitrogen and oxygen atoms in total. The smallest absolute Gasteiger partial charge is 0.239 e. The zero-order valence-electron chi connectivity index (χ0n) is 7.45. The molecule has 0 fully saturated rings. The average Bonchev–Trinajstić information content (AvgIpc) is 2.14. The predicted octanol–water partition coefficient (Wildman–Crippen LogP) is 4.59. The van der Waals surface area contributed by atoms with E-state index in [-0.39, 0.29) is 5.33 Å². The summed E-state index contributed by atoms with van der Waals surface area (Å²) in [4.78, 5) is 3.30. The molecule has 1 aromatic heterocycles.